The lowest BCUT2D eigenvalue weighted by Gasteiger charge is -2.42. The van der Waals surface area contributed by atoms with Gasteiger partial charge in [0.05, 0.1) is 5.56 Å². The van der Waals surface area contributed by atoms with Crippen molar-refractivity contribution in [2.24, 2.45) is 0 Å². The second kappa shape index (κ2) is 5.11. The Labute approximate surface area is 175 Å². The third kappa shape index (κ3) is 1.71. The van der Waals surface area contributed by atoms with Gasteiger partial charge in [-0.15, -0.1) is 4.57 Å². The van der Waals surface area contributed by atoms with Crippen LogP contribution in [0.1, 0.15) is 48.4 Å². The van der Waals surface area contributed by atoms with Crippen LogP contribution in [0.25, 0.3) is 32.9 Å². The molecule has 0 radical (unpaired) electrons. The molecule has 0 spiro atoms. The van der Waals surface area contributed by atoms with Crippen molar-refractivity contribution >= 4 is 21.7 Å². The van der Waals surface area contributed by atoms with Gasteiger partial charge in [-0.3, -0.25) is 4.74 Å². The molecule has 2 atom stereocenters. The molecule has 30 heavy (non-hydrogen) atoms. The van der Waals surface area contributed by atoms with E-state index in [0.29, 0.717) is 0 Å². The van der Waals surface area contributed by atoms with E-state index in [9.17, 15) is 5.11 Å². The van der Waals surface area contributed by atoms with E-state index in [1.807, 2.05) is 0 Å². The Hall–Kier alpha value is -2.75. The van der Waals surface area contributed by atoms with Gasteiger partial charge in [0.1, 0.15) is 5.92 Å². The maximum atomic E-state index is 12.1. The van der Waals surface area contributed by atoms with E-state index in [1.165, 1.54) is 38.6 Å². The maximum Gasteiger partial charge on any atom is 0.396 e. The minimum absolute atomic E-state index is 0.120. The monoisotopic (exact) mass is 394 g/mol. The first-order valence-electron chi connectivity index (χ1n) is 10.8. The molecule has 3 heteroatoms. The highest BCUT2D eigenvalue weighted by Crippen LogP contribution is 2.55. The standard InChI is InChI=1S/C27H24NO2/c1-26(2)20-6-4-5-16-10-11-18-19-12-8-15-7-9-17-14-21(26)25(24(18)23(16)20)28(22(17)13-15)27(19,29)30-3/h4-7,9-11,13-14,19,29H,8,12H2,1-3H3/q+1. The fraction of sp³-hybridized carbons (Fsp3) is 0.296. The Morgan fingerprint density at radius 3 is 2.67 bits per heavy atom. The molecular formula is C27H24NO2+. The van der Waals surface area contributed by atoms with Crippen LogP contribution >= 0.6 is 0 Å². The molecule has 2 aliphatic heterocycles. The summed E-state index contributed by atoms with van der Waals surface area (Å²) in [5.41, 5.74) is 8.43. The SMILES string of the molecule is COC1(O)C2CCc3ccc4cc5c([n+]1c4c3)-c1c2ccc2cccc(c12)C5(C)C. The largest absolute Gasteiger partial charge is 0.396 e. The van der Waals surface area contributed by atoms with Crippen molar-refractivity contribution in [1.82, 2.24) is 0 Å². The number of ether oxygens (including phenoxy) is 1. The lowest BCUT2D eigenvalue weighted by molar-refractivity contribution is -0.834. The fourth-order valence-electron chi connectivity index (χ4n) is 6.43. The Bertz CT molecular complexity index is 1430. The number of hydrogen-bond donors (Lipinski definition) is 1. The van der Waals surface area contributed by atoms with Gasteiger partial charge in [-0.25, -0.2) is 0 Å². The van der Waals surface area contributed by atoms with Crippen molar-refractivity contribution in [3.8, 4) is 11.3 Å². The molecule has 7 rings (SSSR count). The van der Waals surface area contributed by atoms with Gasteiger partial charge in [-0.05, 0) is 52.4 Å². The quantitative estimate of drug-likeness (QED) is 0.369. The number of aromatic nitrogens is 1. The first kappa shape index (κ1) is 17.0. The van der Waals surface area contributed by atoms with Crippen molar-refractivity contribution in [2.45, 2.75) is 43.9 Å². The molecule has 1 N–H and O–H groups in total. The van der Waals surface area contributed by atoms with Crippen LogP contribution in [0.5, 0.6) is 0 Å². The van der Waals surface area contributed by atoms with Gasteiger partial charge < -0.3 is 5.11 Å². The summed E-state index contributed by atoms with van der Waals surface area (Å²) >= 11 is 0. The molecule has 0 saturated carbocycles. The number of rotatable bonds is 1. The maximum absolute atomic E-state index is 12.1. The second-order valence-electron chi connectivity index (χ2n) is 9.65. The number of aryl methyl sites for hydroxylation is 1. The van der Waals surface area contributed by atoms with E-state index in [2.05, 4.69) is 73.0 Å². The molecular weight excluding hydrogens is 370 g/mol. The van der Waals surface area contributed by atoms with Crippen molar-refractivity contribution in [2.75, 3.05) is 7.11 Å². The number of pyridine rings is 1. The van der Waals surface area contributed by atoms with Gasteiger partial charge in [0.2, 0.25) is 11.2 Å². The predicted octanol–water partition coefficient (Wildman–Crippen LogP) is 4.88. The molecule has 3 nitrogen and oxygen atoms in total. The Kier molecular flexibility index (Phi) is 2.89. The first-order valence-corrected chi connectivity index (χ1v) is 10.8. The normalized spacial score (nSPS) is 24.6. The van der Waals surface area contributed by atoms with Crippen LogP contribution in [-0.2, 0) is 22.5 Å². The van der Waals surface area contributed by atoms with Crippen molar-refractivity contribution in [3.63, 3.8) is 0 Å². The highest BCUT2D eigenvalue weighted by atomic mass is 16.6. The summed E-state index contributed by atoms with van der Waals surface area (Å²) in [5, 5.41) is 15.8. The molecule has 1 aromatic heterocycles. The van der Waals surface area contributed by atoms with E-state index in [-0.39, 0.29) is 11.3 Å². The summed E-state index contributed by atoms with van der Waals surface area (Å²) in [4.78, 5) is 0. The first-order chi connectivity index (χ1) is 14.4. The number of nitrogens with zero attached hydrogens (tertiary/aromatic N) is 1. The van der Waals surface area contributed by atoms with Crippen LogP contribution in [0.3, 0.4) is 0 Å². The van der Waals surface area contributed by atoms with E-state index in [0.717, 1.165) is 29.4 Å². The zero-order valence-electron chi connectivity index (χ0n) is 17.5. The molecule has 4 bridgehead atoms. The molecule has 3 heterocycles. The summed E-state index contributed by atoms with van der Waals surface area (Å²) < 4.78 is 8.09. The van der Waals surface area contributed by atoms with Gasteiger partial charge in [0.25, 0.3) is 0 Å². The molecule has 2 unspecified atom stereocenters. The predicted molar refractivity (Wildman–Crippen MR) is 117 cm³/mol. The topological polar surface area (TPSA) is 33.3 Å². The minimum Gasteiger partial charge on any atom is -0.310 e. The minimum atomic E-state index is -1.40. The van der Waals surface area contributed by atoms with Crippen LogP contribution in [0.2, 0.25) is 0 Å². The molecule has 148 valence electrons. The molecule has 0 amide bonds. The van der Waals surface area contributed by atoms with Crippen molar-refractivity contribution in [3.05, 3.63) is 76.9 Å². The molecule has 0 saturated heterocycles. The third-order valence-electron chi connectivity index (χ3n) is 7.95. The fourth-order valence-corrected chi connectivity index (χ4v) is 6.43. The number of fused-ring (bicyclic) bond motifs is 3. The van der Waals surface area contributed by atoms with E-state index >= 15 is 0 Å². The van der Waals surface area contributed by atoms with Crippen LogP contribution in [0.4, 0.5) is 0 Å². The van der Waals surface area contributed by atoms with Gasteiger partial charge in [0.15, 0.2) is 0 Å². The number of hydrogen-bond acceptors (Lipinski definition) is 2. The van der Waals surface area contributed by atoms with Gasteiger partial charge in [0, 0.05) is 29.5 Å². The summed E-state index contributed by atoms with van der Waals surface area (Å²) in [5.74, 6) is -1.52. The van der Waals surface area contributed by atoms with Gasteiger partial charge in [-0.2, -0.15) is 0 Å². The van der Waals surface area contributed by atoms with Gasteiger partial charge in [-0.1, -0.05) is 50.2 Å². The zero-order chi connectivity index (χ0) is 20.4. The second-order valence-corrected chi connectivity index (χ2v) is 9.65. The molecule has 4 aromatic rings. The average molecular weight is 394 g/mol. The third-order valence-corrected chi connectivity index (χ3v) is 7.95. The number of benzene rings is 3. The zero-order valence-corrected chi connectivity index (χ0v) is 17.5. The average Bonchev–Trinajstić information content (AvgIpc) is 2.75. The number of methoxy groups -OCH3 is 1. The van der Waals surface area contributed by atoms with Crippen molar-refractivity contribution in [1.29, 1.82) is 0 Å². The van der Waals surface area contributed by atoms with Crippen LogP contribution < -0.4 is 4.57 Å². The lowest BCUT2D eigenvalue weighted by atomic mass is 9.66. The lowest BCUT2D eigenvalue weighted by Crippen LogP contribution is -2.65. The van der Waals surface area contributed by atoms with E-state index in [1.54, 1.807) is 7.11 Å². The van der Waals surface area contributed by atoms with Crippen LogP contribution in [0, 0.1) is 0 Å². The van der Waals surface area contributed by atoms with Crippen LogP contribution in [0.15, 0.2) is 54.6 Å². The van der Waals surface area contributed by atoms with Crippen molar-refractivity contribution < 1.29 is 14.4 Å². The molecule has 0 fully saturated rings. The number of aliphatic hydroxyl groups is 1. The summed E-state index contributed by atoms with van der Waals surface area (Å²) in [6.07, 6.45) is 1.77. The van der Waals surface area contributed by atoms with E-state index in [4.69, 9.17) is 4.74 Å². The smallest absolute Gasteiger partial charge is 0.310 e. The van der Waals surface area contributed by atoms with Crippen LogP contribution in [-0.4, -0.2) is 12.2 Å². The Morgan fingerprint density at radius 1 is 1.00 bits per heavy atom. The molecule has 1 aliphatic carbocycles. The molecule has 3 aliphatic rings. The highest BCUT2D eigenvalue weighted by molar-refractivity contribution is 6.04. The molecule has 3 aromatic carbocycles. The Balaban J connectivity index is 1.84. The highest BCUT2D eigenvalue weighted by Gasteiger charge is 2.58. The Morgan fingerprint density at radius 2 is 1.83 bits per heavy atom. The summed E-state index contributed by atoms with van der Waals surface area (Å²) in [6.45, 7) is 4.61. The summed E-state index contributed by atoms with van der Waals surface area (Å²) in [7, 11) is 1.64. The summed E-state index contributed by atoms with van der Waals surface area (Å²) in [6, 6.07) is 20.1. The van der Waals surface area contributed by atoms with E-state index < -0.39 is 5.91 Å². The van der Waals surface area contributed by atoms with Gasteiger partial charge >= 0.3 is 5.91 Å².